The zero-order chi connectivity index (χ0) is 16.6. The highest BCUT2D eigenvalue weighted by Crippen LogP contribution is 2.27. The summed E-state index contributed by atoms with van der Waals surface area (Å²) in [6, 6.07) is 0. The van der Waals surface area contributed by atoms with Gasteiger partial charge in [0.15, 0.2) is 12.6 Å². The van der Waals surface area contributed by atoms with Gasteiger partial charge in [-0.05, 0) is 6.92 Å². The van der Waals surface area contributed by atoms with Crippen molar-refractivity contribution in [2.24, 2.45) is 0 Å². The number of aliphatic hydroxyl groups excluding tert-OH is 7. The minimum Gasteiger partial charge on any atom is -0.394 e. The van der Waals surface area contributed by atoms with Crippen molar-refractivity contribution >= 4 is 0 Å². The highest BCUT2D eigenvalue weighted by atomic mass is 16.8. The van der Waals surface area contributed by atoms with Gasteiger partial charge < -0.3 is 50.0 Å². The van der Waals surface area contributed by atoms with Crippen molar-refractivity contribution in [3.8, 4) is 0 Å². The second-order valence-corrected chi connectivity index (χ2v) is 5.51. The Morgan fingerprint density at radius 2 is 1.23 bits per heavy atom. The van der Waals surface area contributed by atoms with E-state index in [2.05, 4.69) is 0 Å². The van der Waals surface area contributed by atoms with Gasteiger partial charge in [-0.15, -0.1) is 0 Å². The van der Waals surface area contributed by atoms with Crippen LogP contribution in [-0.2, 0) is 14.2 Å². The van der Waals surface area contributed by atoms with E-state index in [1.165, 1.54) is 6.92 Å². The van der Waals surface area contributed by atoms with Crippen molar-refractivity contribution in [1.82, 2.24) is 0 Å². The number of hydrogen-bond donors (Lipinski definition) is 7. The molecule has 2 fully saturated rings. The van der Waals surface area contributed by atoms with Crippen LogP contribution in [0.4, 0.5) is 0 Å². The van der Waals surface area contributed by atoms with Gasteiger partial charge in [0, 0.05) is 0 Å². The van der Waals surface area contributed by atoms with Gasteiger partial charge in [0.1, 0.15) is 42.7 Å². The molecule has 22 heavy (non-hydrogen) atoms. The summed E-state index contributed by atoms with van der Waals surface area (Å²) < 4.78 is 15.5. The molecule has 130 valence electrons. The molecule has 10 nitrogen and oxygen atoms in total. The first kappa shape index (κ1) is 17.9. The molecular formula is C12H22O10. The lowest BCUT2D eigenvalue weighted by Crippen LogP contribution is -2.63. The van der Waals surface area contributed by atoms with Crippen LogP contribution >= 0.6 is 0 Å². The predicted octanol–water partition coefficient (Wildman–Crippen LogP) is -4.37. The smallest absolute Gasteiger partial charge is 0.189 e. The Kier molecular flexibility index (Phi) is 5.72. The number of rotatable bonds is 3. The molecule has 0 aliphatic carbocycles. The summed E-state index contributed by atoms with van der Waals surface area (Å²) in [5, 5.41) is 67.3. The van der Waals surface area contributed by atoms with Crippen molar-refractivity contribution in [1.29, 1.82) is 0 Å². The SMILES string of the molecule is C[C@@H]1OC(OC2O[C@H](CO)[C@@H](O)[C@H](O)[C@H]2O)[C@H](O)[C@H](O)[C@H]1O. The molecule has 0 amide bonds. The first-order chi connectivity index (χ1) is 10.3. The van der Waals surface area contributed by atoms with Crippen LogP contribution in [0.1, 0.15) is 6.92 Å². The van der Waals surface area contributed by atoms with Gasteiger partial charge in [-0.25, -0.2) is 0 Å². The van der Waals surface area contributed by atoms with Crippen LogP contribution in [-0.4, -0.2) is 104 Å². The second-order valence-electron chi connectivity index (χ2n) is 5.51. The molecule has 2 rings (SSSR count). The van der Waals surface area contributed by atoms with E-state index in [-0.39, 0.29) is 0 Å². The summed E-state index contributed by atoms with van der Waals surface area (Å²) in [4.78, 5) is 0. The molecule has 2 aliphatic rings. The molecule has 0 spiro atoms. The van der Waals surface area contributed by atoms with Crippen LogP contribution in [0.25, 0.3) is 0 Å². The molecule has 2 aliphatic heterocycles. The number of hydrogen-bond acceptors (Lipinski definition) is 10. The van der Waals surface area contributed by atoms with E-state index in [0.717, 1.165) is 0 Å². The third-order valence-electron chi connectivity index (χ3n) is 3.93. The minimum atomic E-state index is -1.66. The second kappa shape index (κ2) is 7.01. The molecule has 10 heteroatoms. The Hall–Kier alpha value is -0.400. The highest BCUT2D eigenvalue weighted by molar-refractivity contribution is 4.91. The zero-order valence-corrected chi connectivity index (χ0v) is 11.8. The van der Waals surface area contributed by atoms with E-state index in [9.17, 15) is 30.6 Å². The van der Waals surface area contributed by atoms with Crippen LogP contribution in [0.3, 0.4) is 0 Å². The van der Waals surface area contributed by atoms with Crippen LogP contribution in [0.15, 0.2) is 0 Å². The summed E-state index contributed by atoms with van der Waals surface area (Å²) in [6.45, 7) is 0.819. The van der Waals surface area contributed by atoms with Gasteiger partial charge in [-0.3, -0.25) is 0 Å². The normalized spacial score (nSPS) is 53.5. The average molecular weight is 326 g/mol. The lowest BCUT2D eigenvalue weighted by Gasteiger charge is -2.44. The Morgan fingerprint density at radius 1 is 0.727 bits per heavy atom. The monoisotopic (exact) mass is 326 g/mol. The van der Waals surface area contributed by atoms with Crippen molar-refractivity contribution in [3.05, 3.63) is 0 Å². The lowest BCUT2D eigenvalue weighted by molar-refractivity contribution is -0.373. The largest absolute Gasteiger partial charge is 0.394 e. The summed E-state index contributed by atoms with van der Waals surface area (Å²) in [6.07, 6.45) is -14.3. The van der Waals surface area contributed by atoms with Gasteiger partial charge in [0.05, 0.1) is 12.7 Å². The van der Waals surface area contributed by atoms with Gasteiger partial charge >= 0.3 is 0 Å². The fraction of sp³-hybridized carbons (Fsp3) is 1.00. The van der Waals surface area contributed by atoms with Gasteiger partial charge in [0.2, 0.25) is 0 Å². The van der Waals surface area contributed by atoms with Crippen LogP contribution in [0, 0.1) is 0 Å². The summed E-state index contributed by atoms with van der Waals surface area (Å²) in [7, 11) is 0. The van der Waals surface area contributed by atoms with Crippen LogP contribution in [0.5, 0.6) is 0 Å². The maximum atomic E-state index is 9.83. The molecule has 2 unspecified atom stereocenters. The number of aliphatic hydroxyl groups is 7. The van der Waals surface area contributed by atoms with Crippen molar-refractivity contribution in [2.45, 2.75) is 68.3 Å². The Balaban J connectivity index is 2.05. The molecule has 0 radical (unpaired) electrons. The predicted molar refractivity (Wildman–Crippen MR) is 67.2 cm³/mol. The standard InChI is InChI=1S/C12H22O10/c1-3-5(14)7(16)9(18)11(20-3)22-12-10(19)8(17)6(15)4(2-13)21-12/h3-19H,2H2,1H3/t3-,4+,5-,6+,7+,8-,9+,10+,11?,12?/m0/s1. The van der Waals surface area contributed by atoms with Gasteiger partial charge in [-0.2, -0.15) is 0 Å². The first-order valence-corrected chi connectivity index (χ1v) is 6.93. The average Bonchev–Trinajstić information content (AvgIpc) is 2.50. The van der Waals surface area contributed by atoms with E-state index in [1.54, 1.807) is 0 Å². The molecule has 2 heterocycles. The van der Waals surface area contributed by atoms with Crippen molar-refractivity contribution in [2.75, 3.05) is 6.61 Å². The van der Waals surface area contributed by atoms with Crippen molar-refractivity contribution < 1.29 is 50.0 Å². The number of ether oxygens (including phenoxy) is 3. The van der Waals surface area contributed by atoms with E-state index >= 15 is 0 Å². The van der Waals surface area contributed by atoms with Gasteiger partial charge in [0.25, 0.3) is 0 Å². The summed E-state index contributed by atoms with van der Waals surface area (Å²) >= 11 is 0. The van der Waals surface area contributed by atoms with E-state index in [0.29, 0.717) is 0 Å². The van der Waals surface area contributed by atoms with Crippen LogP contribution < -0.4 is 0 Å². The van der Waals surface area contributed by atoms with E-state index in [4.69, 9.17) is 19.3 Å². The highest BCUT2D eigenvalue weighted by Gasteiger charge is 2.48. The summed E-state index contributed by atoms with van der Waals surface area (Å²) in [5.74, 6) is 0. The molecule has 0 aromatic heterocycles. The maximum absolute atomic E-state index is 9.83. The molecule has 0 aromatic rings. The fourth-order valence-corrected chi connectivity index (χ4v) is 2.44. The van der Waals surface area contributed by atoms with E-state index in [1.807, 2.05) is 0 Å². The molecule has 2 saturated heterocycles. The molecule has 10 atom stereocenters. The fourth-order valence-electron chi connectivity index (χ4n) is 2.44. The van der Waals surface area contributed by atoms with Gasteiger partial charge in [-0.1, -0.05) is 0 Å². The zero-order valence-electron chi connectivity index (χ0n) is 11.8. The molecule has 0 bridgehead atoms. The quantitative estimate of drug-likeness (QED) is 0.269. The first-order valence-electron chi connectivity index (χ1n) is 6.93. The Labute approximate surface area is 126 Å². The Morgan fingerprint density at radius 3 is 1.77 bits per heavy atom. The molecule has 0 aromatic carbocycles. The third-order valence-corrected chi connectivity index (χ3v) is 3.93. The molecule has 0 saturated carbocycles. The lowest BCUT2D eigenvalue weighted by atomic mass is 9.98. The topological polar surface area (TPSA) is 169 Å². The molecular weight excluding hydrogens is 304 g/mol. The van der Waals surface area contributed by atoms with Crippen LogP contribution in [0.2, 0.25) is 0 Å². The summed E-state index contributed by atoms with van der Waals surface area (Å²) in [5.41, 5.74) is 0. The Bertz CT molecular complexity index is 366. The van der Waals surface area contributed by atoms with Crippen molar-refractivity contribution in [3.63, 3.8) is 0 Å². The third kappa shape index (κ3) is 3.26. The van der Waals surface area contributed by atoms with E-state index < -0.39 is 68.0 Å². The maximum Gasteiger partial charge on any atom is 0.189 e. The minimum absolute atomic E-state index is 0.628. The molecule has 7 N–H and O–H groups in total.